The fourth-order valence-corrected chi connectivity index (χ4v) is 2.62. The topological polar surface area (TPSA) is 69.6 Å². The van der Waals surface area contributed by atoms with Gasteiger partial charge < -0.3 is 5.73 Å². The summed E-state index contributed by atoms with van der Waals surface area (Å²) in [5.74, 6) is 1.13. The van der Waals surface area contributed by atoms with E-state index in [4.69, 9.17) is 5.73 Å². The van der Waals surface area contributed by atoms with Gasteiger partial charge in [-0.3, -0.25) is 4.68 Å². The number of hydrogen-bond acceptors (Lipinski definition) is 4. The molecule has 2 heterocycles. The number of nitrogen functional groups attached to an aromatic ring is 1. The third-order valence-electron chi connectivity index (χ3n) is 3.21. The number of rotatable bonds is 3. The molecule has 0 radical (unpaired) electrons. The molecule has 0 atom stereocenters. The second-order valence-corrected chi connectivity index (χ2v) is 7.05. The quantitative estimate of drug-likeness (QED) is 0.918. The summed E-state index contributed by atoms with van der Waals surface area (Å²) in [7, 11) is 1.91. The van der Waals surface area contributed by atoms with Gasteiger partial charge in [-0.05, 0) is 22.4 Å². The zero-order valence-electron chi connectivity index (χ0n) is 13.2. The van der Waals surface area contributed by atoms with E-state index in [9.17, 15) is 0 Å². The number of nitrogens with two attached hydrogens (primary N) is 1. The van der Waals surface area contributed by atoms with Crippen molar-refractivity contribution in [1.82, 2.24) is 19.7 Å². The third kappa shape index (κ3) is 3.26. The van der Waals surface area contributed by atoms with Gasteiger partial charge in [0.15, 0.2) is 5.82 Å². The van der Waals surface area contributed by atoms with Crippen LogP contribution < -0.4 is 5.73 Å². The van der Waals surface area contributed by atoms with Crippen LogP contribution in [-0.4, -0.2) is 19.7 Å². The monoisotopic (exact) mass is 351 g/mol. The Labute approximate surface area is 134 Å². The lowest BCUT2D eigenvalue weighted by Gasteiger charge is -2.17. The van der Waals surface area contributed by atoms with Gasteiger partial charge in [-0.2, -0.15) is 5.10 Å². The molecule has 5 nitrogen and oxygen atoms in total. The standard InChI is InChI=1S/C15H22BrN5/c1-6-7-10-11(16)13(17)19-14(18-10)9-8-21(5)20-12(9)15(2,3)4/h8H,6-7H2,1-5H3,(H2,17,18,19). The van der Waals surface area contributed by atoms with Crippen molar-refractivity contribution in [3.63, 3.8) is 0 Å². The second-order valence-electron chi connectivity index (χ2n) is 6.26. The van der Waals surface area contributed by atoms with E-state index in [1.165, 1.54) is 0 Å². The molecule has 2 aromatic heterocycles. The van der Waals surface area contributed by atoms with Crippen LogP contribution in [0, 0.1) is 0 Å². The Kier molecular flexibility index (Phi) is 4.37. The molecule has 0 unspecified atom stereocenters. The lowest BCUT2D eigenvalue weighted by molar-refractivity contribution is 0.554. The van der Waals surface area contributed by atoms with Gasteiger partial charge in [0.2, 0.25) is 0 Å². The average molecular weight is 352 g/mol. The predicted molar refractivity (Wildman–Crippen MR) is 89.0 cm³/mol. The highest BCUT2D eigenvalue weighted by atomic mass is 79.9. The van der Waals surface area contributed by atoms with Crippen LogP contribution in [0.1, 0.15) is 45.5 Å². The molecule has 0 saturated heterocycles. The minimum Gasteiger partial charge on any atom is -0.383 e. The summed E-state index contributed by atoms with van der Waals surface area (Å²) in [6, 6.07) is 0. The van der Waals surface area contributed by atoms with Crippen molar-refractivity contribution in [2.75, 3.05) is 5.73 Å². The van der Waals surface area contributed by atoms with Gasteiger partial charge in [0.05, 0.1) is 21.4 Å². The summed E-state index contributed by atoms with van der Waals surface area (Å²) < 4.78 is 2.60. The fourth-order valence-electron chi connectivity index (χ4n) is 2.24. The van der Waals surface area contributed by atoms with E-state index in [2.05, 4.69) is 58.7 Å². The van der Waals surface area contributed by atoms with Crippen LogP contribution in [0.2, 0.25) is 0 Å². The zero-order chi connectivity index (χ0) is 15.8. The van der Waals surface area contributed by atoms with Crippen LogP contribution in [0.15, 0.2) is 10.7 Å². The van der Waals surface area contributed by atoms with Crippen molar-refractivity contribution in [2.24, 2.45) is 7.05 Å². The molecule has 0 amide bonds. The molecule has 0 spiro atoms. The largest absolute Gasteiger partial charge is 0.383 e. The van der Waals surface area contributed by atoms with Crippen LogP contribution in [0.5, 0.6) is 0 Å². The Morgan fingerprint density at radius 3 is 2.52 bits per heavy atom. The Hall–Kier alpha value is -1.43. The van der Waals surface area contributed by atoms with Gasteiger partial charge >= 0.3 is 0 Å². The molecular weight excluding hydrogens is 330 g/mol. The van der Waals surface area contributed by atoms with Crippen molar-refractivity contribution in [3.8, 4) is 11.4 Å². The van der Waals surface area contributed by atoms with E-state index in [0.29, 0.717) is 11.6 Å². The molecule has 6 heteroatoms. The average Bonchev–Trinajstić information content (AvgIpc) is 2.77. The molecule has 0 aliphatic heterocycles. The van der Waals surface area contributed by atoms with E-state index >= 15 is 0 Å². The van der Waals surface area contributed by atoms with Crippen LogP contribution in [0.25, 0.3) is 11.4 Å². The van der Waals surface area contributed by atoms with E-state index in [1.54, 1.807) is 4.68 Å². The number of anilines is 1. The van der Waals surface area contributed by atoms with Crippen molar-refractivity contribution in [2.45, 2.75) is 46.0 Å². The van der Waals surface area contributed by atoms with Crippen LogP contribution in [0.4, 0.5) is 5.82 Å². The van der Waals surface area contributed by atoms with Crippen molar-refractivity contribution < 1.29 is 0 Å². The second kappa shape index (κ2) is 5.75. The smallest absolute Gasteiger partial charge is 0.165 e. The Balaban J connectivity index is 2.62. The SMILES string of the molecule is CCCc1nc(-c2cn(C)nc2C(C)(C)C)nc(N)c1Br. The number of aromatic nitrogens is 4. The molecule has 2 aromatic rings. The first kappa shape index (κ1) is 15.9. The first-order chi connectivity index (χ1) is 9.74. The first-order valence-electron chi connectivity index (χ1n) is 7.10. The van der Waals surface area contributed by atoms with Crippen LogP contribution in [0.3, 0.4) is 0 Å². The Morgan fingerprint density at radius 2 is 1.95 bits per heavy atom. The lowest BCUT2D eigenvalue weighted by Crippen LogP contribution is -2.14. The van der Waals surface area contributed by atoms with Crippen molar-refractivity contribution >= 4 is 21.7 Å². The van der Waals surface area contributed by atoms with E-state index in [-0.39, 0.29) is 5.41 Å². The molecule has 0 fully saturated rings. The summed E-state index contributed by atoms with van der Waals surface area (Å²) in [6.07, 6.45) is 3.83. The molecule has 0 bridgehead atoms. The van der Waals surface area contributed by atoms with Gasteiger partial charge in [0, 0.05) is 18.7 Å². The number of hydrogen-bond donors (Lipinski definition) is 1. The summed E-state index contributed by atoms with van der Waals surface area (Å²) in [5, 5.41) is 4.57. The minimum atomic E-state index is -0.0767. The van der Waals surface area contributed by atoms with Crippen molar-refractivity contribution in [1.29, 1.82) is 0 Å². The molecule has 2 N–H and O–H groups in total. The number of halogens is 1. The van der Waals surface area contributed by atoms with Crippen molar-refractivity contribution in [3.05, 3.63) is 22.1 Å². The number of nitrogens with zero attached hydrogens (tertiary/aromatic N) is 4. The highest BCUT2D eigenvalue weighted by Gasteiger charge is 2.25. The normalized spacial score (nSPS) is 11.9. The Morgan fingerprint density at radius 1 is 1.29 bits per heavy atom. The zero-order valence-corrected chi connectivity index (χ0v) is 14.8. The summed E-state index contributed by atoms with van der Waals surface area (Å²) >= 11 is 3.48. The maximum Gasteiger partial charge on any atom is 0.165 e. The summed E-state index contributed by atoms with van der Waals surface area (Å²) in [5.41, 5.74) is 8.83. The van der Waals surface area contributed by atoms with Crippen LogP contribution in [-0.2, 0) is 18.9 Å². The molecule has 114 valence electrons. The predicted octanol–water partition coefficient (Wildman–Crippen LogP) is 3.47. The number of aryl methyl sites for hydroxylation is 2. The van der Waals surface area contributed by atoms with Gasteiger partial charge in [-0.25, -0.2) is 9.97 Å². The van der Waals surface area contributed by atoms with Gasteiger partial charge in [-0.1, -0.05) is 34.1 Å². The van der Waals surface area contributed by atoms with Gasteiger partial charge in [0.1, 0.15) is 5.82 Å². The highest BCUT2D eigenvalue weighted by molar-refractivity contribution is 9.10. The third-order valence-corrected chi connectivity index (χ3v) is 4.08. The summed E-state index contributed by atoms with van der Waals surface area (Å²) in [4.78, 5) is 9.13. The fraction of sp³-hybridized carbons (Fsp3) is 0.533. The molecule has 0 aromatic carbocycles. The van der Waals surface area contributed by atoms with Gasteiger partial charge in [-0.15, -0.1) is 0 Å². The minimum absolute atomic E-state index is 0.0767. The van der Waals surface area contributed by atoms with Crippen LogP contribution >= 0.6 is 15.9 Å². The van der Waals surface area contributed by atoms with E-state index in [1.807, 2.05) is 13.2 Å². The maximum atomic E-state index is 6.03. The Bertz CT molecular complexity index is 655. The molecule has 21 heavy (non-hydrogen) atoms. The van der Waals surface area contributed by atoms with E-state index in [0.717, 1.165) is 34.3 Å². The van der Waals surface area contributed by atoms with Gasteiger partial charge in [0.25, 0.3) is 0 Å². The lowest BCUT2D eigenvalue weighted by atomic mass is 9.89. The molecule has 0 aliphatic rings. The first-order valence-corrected chi connectivity index (χ1v) is 7.89. The maximum absolute atomic E-state index is 6.03. The molecule has 2 rings (SSSR count). The van der Waals surface area contributed by atoms with E-state index < -0.39 is 0 Å². The summed E-state index contributed by atoms with van der Waals surface area (Å²) in [6.45, 7) is 8.52. The molecular formula is C15H22BrN5. The molecule has 0 saturated carbocycles. The molecule has 0 aliphatic carbocycles. The highest BCUT2D eigenvalue weighted by Crippen LogP contribution is 2.32.